The normalized spacial score (nSPS) is 17.9. The van der Waals surface area contributed by atoms with Gasteiger partial charge in [-0.05, 0) is 32.0 Å². The summed E-state index contributed by atoms with van der Waals surface area (Å²) in [5, 5.41) is 3.17. The molecule has 1 aromatic rings. The number of sulfonamides is 1. The van der Waals surface area contributed by atoms with E-state index in [1.165, 1.54) is 23.4 Å². The van der Waals surface area contributed by atoms with Gasteiger partial charge in [-0.25, -0.2) is 8.42 Å². The molecule has 1 aliphatic rings. The first-order chi connectivity index (χ1) is 9.01. The molecule has 0 atom stereocenters. The van der Waals surface area contributed by atoms with Crippen LogP contribution in [0.2, 0.25) is 0 Å². The van der Waals surface area contributed by atoms with Crippen LogP contribution in [0.1, 0.15) is 23.7 Å². The lowest BCUT2D eigenvalue weighted by Gasteiger charge is -2.19. The van der Waals surface area contributed by atoms with Crippen LogP contribution < -0.4 is 5.32 Å². The molecule has 1 saturated heterocycles. The number of nitrogens with one attached hydrogen (secondary N) is 1. The number of carbonyl (C=O) groups excluding carboxylic acids is 1. The number of nitrogens with zero attached hydrogens (tertiary/aromatic N) is 1. The highest BCUT2D eigenvalue weighted by Crippen LogP contribution is 2.17. The van der Waals surface area contributed by atoms with Gasteiger partial charge in [0.2, 0.25) is 10.0 Å². The van der Waals surface area contributed by atoms with Gasteiger partial charge in [-0.2, -0.15) is 4.31 Å². The Morgan fingerprint density at radius 3 is 2.47 bits per heavy atom. The summed E-state index contributed by atoms with van der Waals surface area (Å²) in [4.78, 5) is 11.4. The average Bonchev–Trinajstić information content (AvgIpc) is 2.68. The monoisotopic (exact) mass is 282 g/mol. The minimum Gasteiger partial charge on any atom is -0.315 e. The third-order valence-corrected chi connectivity index (χ3v) is 5.11. The van der Waals surface area contributed by atoms with Crippen molar-refractivity contribution in [2.24, 2.45) is 0 Å². The van der Waals surface area contributed by atoms with Gasteiger partial charge in [0.1, 0.15) is 0 Å². The van der Waals surface area contributed by atoms with Gasteiger partial charge in [0.15, 0.2) is 5.78 Å². The molecule has 0 aliphatic carbocycles. The number of rotatable bonds is 3. The molecular weight excluding hydrogens is 264 g/mol. The quantitative estimate of drug-likeness (QED) is 0.836. The number of hydrogen-bond acceptors (Lipinski definition) is 4. The fourth-order valence-electron chi connectivity index (χ4n) is 2.07. The van der Waals surface area contributed by atoms with E-state index in [0.29, 0.717) is 25.2 Å². The van der Waals surface area contributed by atoms with E-state index in [2.05, 4.69) is 5.32 Å². The van der Waals surface area contributed by atoms with E-state index in [-0.39, 0.29) is 10.7 Å². The molecule has 0 radical (unpaired) electrons. The molecule has 1 aromatic carbocycles. The van der Waals surface area contributed by atoms with Crippen LogP contribution in [0.15, 0.2) is 29.2 Å². The highest BCUT2D eigenvalue weighted by molar-refractivity contribution is 7.89. The predicted octanol–water partition coefficient (Wildman–Crippen LogP) is 0.873. The highest BCUT2D eigenvalue weighted by atomic mass is 32.2. The predicted molar refractivity (Wildman–Crippen MR) is 72.7 cm³/mol. The summed E-state index contributed by atoms with van der Waals surface area (Å²) in [7, 11) is -3.45. The van der Waals surface area contributed by atoms with Gasteiger partial charge in [0.25, 0.3) is 0 Å². The van der Waals surface area contributed by atoms with E-state index < -0.39 is 10.0 Å². The van der Waals surface area contributed by atoms with Crippen molar-refractivity contribution in [2.75, 3.05) is 26.2 Å². The van der Waals surface area contributed by atoms with Gasteiger partial charge in [-0.15, -0.1) is 0 Å². The number of ketones is 1. The summed E-state index contributed by atoms with van der Waals surface area (Å²) < 4.78 is 26.4. The molecule has 2 rings (SSSR count). The van der Waals surface area contributed by atoms with Crippen LogP contribution in [0.25, 0.3) is 0 Å². The summed E-state index contributed by atoms with van der Waals surface area (Å²) in [5.74, 6) is -0.0667. The minimum absolute atomic E-state index is 0.0667. The molecule has 1 heterocycles. The molecule has 0 aromatic heterocycles. The van der Waals surface area contributed by atoms with Gasteiger partial charge in [0.05, 0.1) is 4.90 Å². The Morgan fingerprint density at radius 2 is 1.84 bits per heavy atom. The molecule has 0 spiro atoms. The molecule has 104 valence electrons. The molecule has 5 nitrogen and oxygen atoms in total. The smallest absolute Gasteiger partial charge is 0.243 e. The summed E-state index contributed by atoms with van der Waals surface area (Å²) in [5.41, 5.74) is 0.525. The average molecular weight is 282 g/mol. The topological polar surface area (TPSA) is 66.5 Å². The van der Waals surface area contributed by atoms with E-state index in [1.807, 2.05) is 0 Å². The maximum atomic E-state index is 12.4. The Bertz CT molecular complexity index is 544. The molecule has 1 aliphatic heterocycles. The lowest BCUT2D eigenvalue weighted by Crippen LogP contribution is -2.34. The van der Waals surface area contributed by atoms with Gasteiger partial charge in [-0.3, -0.25) is 4.79 Å². The lowest BCUT2D eigenvalue weighted by molar-refractivity contribution is 0.101. The van der Waals surface area contributed by atoms with Crippen LogP contribution in [-0.2, 0) is 10.0 Å². The van der Waals surface area contributed by atoms with Gasteiger partial charge < -0.3 is 5.32 Å². The SMILES string of the molecule is CC(=O)c1ccc(S(=O)(=O)N2CCCNCC2)cc1. The van der Waals surface area contributed by atoms with Crippen LogP contribution in [0, 0.1) is 0 Å². The summed E-state index contributed by atoms with van der Waals surface area (Å²) in [6.45, 7) is 3.99. The number of hydrogen-bond donors (Lipinski definition) is 1. The molecule has 6 heteroatoms. The lowest BCUT2D eigenvalue weighted by atomic mass is 10.2. The molecule has 0 unspecified atom stereocenters. The molecule has 0 bridgehead atoms. The van der Waals surface area contributed by atoms with Crippen LogP contribution in [0.5, 0.6) is 0 Å². The standard InChI is InChI=1S/C13H18N2O3S/c1-11(16)12-3-5-13(6-4-12)19(17,18)15-9-2-7-14-8-10-15/h3-6,14H,2,7-10H2,1H3. The van der Waals surface area contributed by atoms with E-state index in [4.69, 9.17) is 0 Å². The molecular formula is C13H18N2O3S. The van der Waals surface area contributed by atoms with Gasteiger partial charge in [0, 0.05) is 25.2 Å². The third-order valence-electron chi connectivity index (χ3n) is 3.20. The van der Waals surface area contributed by atoms with Crippen molar-refractivity contribution in [3.63, 3.8) is 0 Å². The van der Waals surface area contributed by atoms with E-state index in [9.17, 15) is 13.2 Å². The Morgan fingerprint density at radius 1 is 1.16 bits per heavy atom. The van der Waals surface area contributed by atoms with Crippen LogP contribution in [0.3, 0.4) is 0 Å². The molecule has 1 N–H and O–H groups in total. The minimum atomic E-state index is -3.45. The van der Waals surface area contributed by atoms with Crippen molar-refractivity contribution in [1.29, 1.82) is 0 Å². The van der Waals surface area contributed by atoms with Crippen molar-refractivity contribution in [2.45, 2.75) is 18.2 Å². The summed E-state index contributed by atoms with van der Waals surface area (Å²) in [6.07, 6.45) is 0.810. The first-order valence-electron chi connectivity index (χ1n) is 6.34. The Hall–Kier alpha value is -1.24. The van der Waals surface area contributed by atoms with Crippen LogP contribution in [-0.4, -0.2) is 44.7 Å². The largest absolute Gasteiger partial charge is 0.315 e. The Balaban J connectivity index is 2.25. The van der Waals surface area contributed by atoms with Crippen molar-refractivity contribution < 1.29 is 13.2 Å². The number of Topliss-reactive ketones (excluding diaryl/α,β-unsaturated/α-hetero) is 1. The van der Waals surface area contributed by atoms with E-state index in [0.717, 1.165) is 13.0 Å². The summed E-state index contributed by atoms with van der Waals surface area (Å²) in [6, 6.07) is 6.13. The van der Waals surface area contributed by atoms with E-state index >= 15 is 0 Å². The first kappa shape index (κ1) is 14.2. The zero-order valence-corrected chi connectivity index (χ0v) is 11.7. The zero-order valence-electron chi connectivity index (χ0n) is 10.9. The van der Waals surface area contributed by atoms with Crippen LogP contribution >= 0.6 is 0 Å². The van der Waals surface area contributed by atoms with Gasteiger partial charge in [-0.1, -0.05) is 12.1 Å². The van der Waals surface area contributed by atoms with Crippen molar-refractivity contribution in [1.82, 2.24) is 9.62 Å². The maximum Gasteiger partial charge on any atom is 0.243 e. The number of carbonyl (C=O) groups is 1. The molecule has 1 fully saturated rings. The zero-order chi connectivity index (χ0) is 13.9. The van der Waals surface area contributed by atoms with Gasteiger partial charge >= 0.3 is 0 Å². The fourth-order valence-corrected chi connectivity index (χ4v) is 3.55. The van der Waals surface area contributed by atoms with Crippen molar-refractivity contribution in [3.05, 3.63) is 29.8 Å². The Kier molecular flexibility index (Phi) is 4.34. The van der Waals surface area contributed by atoms with E-state index in [1.54, 1.807) is 12.1 Å². The van der Waals surface area contributed by atoms with Crippen molar-refractivity contribution in [3.8, 4) is 0 Å². The highest BCUT2D eigenvalue weighted by Gasteiger charge is 2.24. The van der Waals surface area contributed by atoms with Crippen molar-refractivity contribution >= 4 is 15.8 Å². The number of benzene rings is 1. The second-order valence-electron chi connectivity index (χ2n) is 4.59. The summed E-state index contributed by atoms with van der Waals surface area (Å²) >= 11 is 0. The maximum absolute atomic E-state index is 12.4. The third kappa shape index (κ3) is 3.20. The second-order valence-corrected chi connectivity index (χ2v) is 6.53. The first-order valence-corrected chi connectivity index (χ1v) is 7.78. The molecule has 0 amide bonds. The Labute approximate surface area is 113 Å². The van der Waals surface area contributed by atoms with Crippen LogP contribution in [0.4, 0.5) is 0 Å². The molecule has 19 heavy (non-hydrogen) atoms. The molecule has 0 saturated carbocycles. The second kappa shape index (κ2) is 5.81. The fraction of sp³-hybridized carbons (Fsp3) is 0.462.